The number of nitrogens with zero attached hydrogens (tertiary/aromatic N) is 1. The third kappa shape index (κ3) is 3.19. The molecule has 1 aliphatic heterocycles. The van der Waals surface area contributed by atoms with Gasteiger partial charge >= 0.3 is 5.97 Å². The first-order valence-corrected chi connectivity index (χ1v) is 6.24. The van der Waals surface area contributed by atoms with Crippen LogP contribution in [0.15, 0.2) is 0 Å². The number of carboxylic acids is 1. The number of carboxylic acid groups (broad SMARTS) is 1. The first-order valence-electron chi connectivity index (χ1n) is 6.24. The molecule has 1 heterocycles. The fourth-order valence-electron chi connectivity index (χ4n) is 2.17. The van der Waals surface area contributed by atoms with Crippen molar-refractivity contribution in [2.24, 2.45) is 0 Å². The van der Waals surface area contributed by atoms with Crippen LogP contribution in [-0.2, 0) is 9.53 Å². The lowest BCUT2D eigenvalue weighted by Gasteiger charge is -2.38. The van der Waals surface area contributed by atoms with E-state index in [1.807, 2.05) is 6.92 Å². The molecule has 0 aromatic carbocycles. The van der Waals surface area contributed by atoms with Gasteiger partial charge in [0.2, 0.25) is 0 Å². The standard InChI is InChI=1S/C12H23NO3/c1-3-7-13-8-5-12(6-9-13,11(14)15)16-10-4-2/h3-10H2,1-2H3,(H,14,15). The maximum atomic E-state index is 11.3. The Labute approximate surface area is 97.6 Å². The largest absolute Gasteiger partial charge is 0.479 e. The van der Waals surface area contributed by atoms with Crippen LogP contribution in [0.2, 0.25) is 0 Å². The molecule has 0 spiro atoms. The zero-order valence-electron chi connectivity index (χ0n) is 10.4. The average molecular weight is 229 g/mol. The van der Waals surface area contributed by atoms with Crippen molar-refractivity contribution in [1.82, 2.24) is 4.90 Å². The summed E-state index contributed by atoms with van der Waals surface area (Å²) >= 11 is 0. The molecule has 0 aromatic heterocycles. The van der Waals surface area contributed by atoms with Crippen LogP contribution in [0, 0.1) is 0 Å². The normalized spacial score (nSPS) is 20.9. The number of hydrogen-bond donors (Lipinski definition) is 1. The second kappa shape index (κ2) is 6.21. The molecular weight excluding hydrogens is 206 g/mol. The van der Waals surface area contributed by atoms with Crippen molar-refractivity contribution < 1.29 is 14.6 Å². The smallest absolute Gasteiger partial charge is 0.336 e. The van der Waals surface area contributed by atoms with Crippen LogP contribution in [0.5, 0.6) is 0 Å². The van der Waals surface area contributed by atoms with Crippen LogP contribution in [0.3, 0.4) is 0 Å². The highest BCUT2D eigenvalue weighted by atomic mass is 16.5. The molecule has 0 unspecified atom stereocenters. The summed E-state index contributed by atoms with van der Waals surface area (Å²) in [6.07, 6.45) is 3.22. The SMILES string of the molecule is CCCOC1(C(=O)O)CCN(CCC)CC1. The Morgan fingerprint density at radius 3 is 2.38 bits per heavy atom. The van der Waals surface area contributed by atoms with Gasteiger partial charge in [-0.2, -0.15) is 0 Å². The van der Waals surface area contributed by atoms with Gasteiger partial charge in [0.25, 0.3) is 0 Å². The predicted molar refractivity (Wildman–Crippen MR) is 62.6 cm³/mol. The molecule has 0 bridgehead atoms. The Morgan fingerprint density at radius 2 is 1.94 bits per heavy atom. The van der Waals surface area contributed by atoms with E-state index >= 15 is 0 Å². The van der Waals surface area contributed by atoms with Crippen LogP contribution in [0.1, 0.15) is 39.5 Å². The predicted octanol–water partition coefficient (Wildman–Crippen LogP) is 1.74. The third-order valence-electron chi connectivity index (χ3n) is 3.18. The van der Waals surface area contributed by atoms with Crippen molar-refractivity contribution in [1.29, 1.82) is 0 Å². The van der Waals surface area contributed by atoms with Crippen molar-refractivity contribution in [3.8, 4) is 0 Å². The molecule has 0 aliphatic carbocycles. The van der Waals surface area contributed by atoms with Crippen LogP contribution in [0.4, 0.5) is 0 Å². The summed E-state index contributed by atoms with van der Waals surface area (Å²) in [6.45, 7) is 7.42. The van der Waals surface area contributed by atoms with E-state index in [1.165, 1.54) is 0 Å². The van der Waals surface area contributed by atoms with Crippen molar-refractivity contribution in [2.75, 3.05) is 26.2 Å². The van der Waals surface area contributed by atoms with Gasteiger partial charge in [0, 0.05) is 19.7 Å². The first kappa shape index (κ1) is 13.5. The highest BCUT2D eigenvalue weighted by molar-refractivity contribution is 5.77. The number of hydrogen-bond acceptors (Lipinski definition) is 3. The summed E-state index contributed by atoms with van der Waals surface area (Å²) in [6, 6.07) is 0. The quantitative estimate of drug-likeness (QED) is 0.753. The second-order valence-corrected chi connectivity index (χ2v) is 4.49. The maximum absolute atomic E-state index is 11.3. The minimum absolute atomic E-state index is 0.542. The van der Waals surface area contributed by atoms with E-state index in [0.717, 1.165) is 32.5 Å². The number of piperidine rings is 1. The molecule has 0 amide bonds. The zero-order chi connectivity index (χ0) is 12.0. The summed E-state index contributed by atoms with van der Waals surface area (Å²) in [7, 11) is 0. The van der Waals surface area contributed by atoms with Crippen molar-refractivity contribution in [3.63, 3.8) is 0 Å². The van der Waals surface area contributed by atoms with Gasteiger partial charge in [-0.1, -0.05) is 13.8 Å². The number of aliphatic carboxylic acids is 1. The Bertz CT molecular complexity index is 222. The maximum Gasteiger partial charge on any atom is 0.336 e. The van der Waals surface area contributed by atoms with Crippen LogP contribution in [-0.4, -0.2) is 47.8 Å². The van der Waals surface area contributed by atoms with Crippen LogP contribution < -0.4 is 0 Å². The molecule has 0 radical (unpaired) electrons. The Balaban J connectivity index is 2.52. The van der Waals surface area contributed by atoms with Gasteiger partial charge in [0.15, 0.2) is 5.60 Å². The monoisotopic (exact) mass is 229 g/mol. The van der Waals surface area contributed by atoms with Crippen molar-refractivity contribution >= 4 is 5.97 Å². The zero-order valence-corrected chi connectivity index (χ0v) is 10.4. The van der Waals surface area contributed by atoms with E-state index < -0.39 is 11.6 Å². The van der Waals surface area contributed by atoms with E-state index in [2.05, 4.69) is 11.8 Å². The minimum atomic E-state index is -0.916. The lowest BCUT2D eigenvalue weighted by Crippen LogP contribution is -2.51. The molecule has 1 fully saturated rings. The summed E-state index contributed by atoms with van der Waals surface area (Å²) < 4.78 is 5.58. The lowest BCUT2D eigenvalue weighted by atomic mass is 9.91. The molecule has 4 nitrogen and oxygen atoms in total. The van der Waals surface area contributed by atoms with Gasteiger partial charge in [-0.05, 0) is 32.2 Å². The highest BCUT2D eigenvalue weighted by Crippen LogP contribution is 2.27. The Kier molecular flexibility index (Phi) is 5.22. The van der Waals surface area contributed by atoms with E-state index in [-0.39, 0.29) is 0 Å². The summed E-state index contributed by atoms with van der Waals surface area (Å²) in [5.74, 6) is -0.794. The van der Waals surface area contributed by atoms with Crippen LogP contribution in [0.25, 0.3) is 0 Å². The second-order valence-electron chi connectivity index (χ2n) is 4.49. The van der Waals surface area contributed by atoms with Gasteiger partial charge < -0.3 is 14.7 Å². The van der Waals surface area contributed by atoms with Gasteiger partial charge in [-0.25, -0.2) is 4.79 Å². The molecule has 0 atom stereocenters. The molecule has 1 saturated heterocycles. The molecule has 16 heavy (non-hydrogen) atoms. The third-order valence-corrected chi connectivity index (χ3v) is 3.18. The van der Waals surface area contributed by atoms with E-state index in [4.69, 9.17) is 4.74 Å². The first-order chi connectivity index (χ1) is 7.64. The number of rotatable bonds is 6. The summed E-state index contributed by atoms with van der Waals surface area (Å²) in [5, 5.41) is 9.29. The summed E-state index contributed by atoms with van der Waals surface area (Å²) in [5.41, 5.74) is -0.916. The fraction of sp³-hybridized carbons (Fsp3) is 0.917. The van der Waals surface area contributed by atoms with Gasteiger partial charge in [-0.15, -0.1) is 0 Å². The molecular formula is C12H23NO3. The van der Waals surface area contributed by atoms with E-state index in [1.54, 1.807) is 0 Å². The Hall–Kier alpha value is -0.610. The molecule has 4 heteroatoms. The molecule has 1 rings (SSSR count). The summed E-state index contributed by atoms with van der Waals surface area (Å²) in [4.78, 5) is 13.6. The van der Waals surface area contributed by atoms with Gasteiger partial charge in [0.05, 0.1) is 0 Å². The number of likely N-dealkylation sites (tertiary alicyclic amines) is 1. The topological polar surface area (TPSA) is 49.8 Å². The van der Waals surface area contributed by atoms with E-state index in [0.29, 0.717) is 19.4 Å². The minimum Gasteiger partial charge on any atom is -0.479 e. The van der Waals surface area contributed by atoms with Crippen molar-refractivity contribution in [2.45, 2.75) is 45.1 Å². The highest BCUT2D eigenvalue weighted by Gasteiger charge is 2.42. The average Bonchev–Trinajstić information content (AvgIpc) is 2.28. The Morgan fingerprint density at radius 1 is 1.31 bits per heavy atom. The molecule has 1 aliphatic rings. The fourth-order valence-corrected chi connectivity index (χ4v) is 2.17. The van der Waals surface area contributed by atoms with E-state index in [9.17, 15) is 9.90 Å². The molecule has 0 aromatic rings. The number of ether oxygens (including phenoxy) is 1. The van der Waals surface area contributed by atoms with Gasteiger partial charge in [0.1, 0.15) is 0 Å². The van der Waals surface area contributed by atoms with Crippen LogP contribution >= 0.6 is 0 Å². The number of carbonyl (C=O) groups is 1. The molecule has 94 valence electrons. The van der Waals surface area contributed by atoms with Gasteiger partial charge in [-0.3, -0.25) is 0 Å². The van der Waals surface area contributed by atoms with Crippen molar-refractivity contribution in [3.05, 3.63) is 0 Å². The molecule has 0 saturated carbocycles. The molecule has 1 N–H and O–H groups in total. The lowest BCUT2D eigenvalue weighted by molar-refractivity contribution is -0.173.